The Kier molecular flexibility index (Phi) is 5.23. The fraction of sp³-hybridized carbons (Fsp3) is 0.222. The molecule has 25 heavy (non-hydrogen) atoms. The predicted molar refractivity (Wildman–Crippen MR) is 102 cm³/mol. The molecule has 130 valence electrons. The Balaban J connectivity index is 1.77. The van der Waals surface area contributed by atoms with Crippen LogP contribution in [0.5, 0.6) is 0 Å². The molecule has 1 aliphatic rings. The van der Waals surface area contributed by atoms with Gasteiger partial charge in [0.05, 0.1) is 16.6 Å². The van der Waals surface area contributed by atoms with E-state index >= 15 is 0 Å². The van der Waals surface area contributed by atoms with Crippen LogP contribution >= 0.6 is 34.8 Å². The van der Waals surface area contributed by atoms with Crippen molar-refractivity contribution in [1.29, 1.82) is 0 Å². The minimum atomic E-state index is -0.471. The van der Waals surface area contributed by atoms with Crippen molar-refractivity contribution in [3.8, 4) is 0 Å². The third kappa shape index (κ3) is 3.92. The van der Waals surface area contributed by atoms with Crippen molar-refractivity contribution < 1.29 is 9.59 Å². The lowest BCUT2D eigenvalue weighted by molar-refractivity contribution is -0.122. The minimum absolute atomic E-state index is 0.119. The van der Waals surface area contributed by atoms with Gasteiger partial charge < -0.3 is 10.2 Å². The van der Waals surface area contributed by atoms with Crippen LogP contribution in [0.4, 0.5) is 11.4 Å². The maximum absolute atomic E-state index is 12.6. The number of hydrogen-bond acceptors (Lipinski definition) is 2. The van der Waals surface area contributed by atoms with E-state index in [1.807, 2.05) is 13.0 Å². The van der Waals surface area contributed by atoms with E-state index in [0.29, 0.717) is 26.4 Å². The van der Waals surface area contributed by atoms with E-state index in [-0.39, 0.29) is 24.8 Å². The summed E-state index contributed by atoms with van der Waals surface area (Å²) in [4.78, 5) is 26.4. The molecule has 0 radical (unpaired) electrons. The Hall–Kier alpha value is -1.75. The van der Waals surface area contributed by atoms with E-state index in [9.17, 15) is 9.59 Å². The number of anilines is 2. The molecule has 7 heteroatoms. The van der Waals surface area contributed by atoms with Gasteiger partial charge in [0.15, 0.2) is 0 Å². The van der Waals surface area contributed by atoms with Gasteiger partial charge in [-0.3, -0.25) is 9.59 Å². The normalized spacial score (nSPS) is 17.0. The van der Waals surface area contributed by atoms with Gasteiger partial charge in [-0.05, 0) is 42.8 Å². The molecular weight excluding hydrogens is 383 g/mol. The van der Waals surface area contributed by atoms with Crippen molar-refractivity contribution in [2.24, 2.45) is 5.92 Å². The second-order valence-corrected chi connectivity index (χ2v) is 7.23. The van der Waals surface area contributed by atoms with Crippen molar-refractivity contribution in [1.82, 2.24) is 0 Å². The molecule has 2 aromatic rings. The number of benzene rings is 2. The van der Waals surface area contributed by atoms with Crippen LogP contribution in [0.3, 0.4) is 0 Å². The molecule has 0 saturated carbocycles. The summed E-state index contributed by atoms with van der Waals surface area (Å²) in [5.41, 5.74) is 2.06. The molecular formula is C18H15Cl3N2O2. The number of nitrogens with zero attached hydrogens (tertiary/aromatic N) is 1. The maximum atomic E-state index is 12.6. The van der Waals surface area contributed by atoms with Gasteiger partial charge in [-0.25, -0.2) is 0 Å². The summed E-state index contributed by atoms with van der Waals surface area (Å²) in [6.07, 6.45) is 0.119. The fourth-order valence-electron chi connectivity index (χ4n) is 2.77. The highest BCUT2D eigenvalue weighted by Crippen LogP contribution is 2.34. The van der Waals surface area contributed by atoms with Crippen molar-refractivity contribution in [3.05, 3.63) is 57.0 Å². The van der Waals surface area contributed by atoms with Crippen LogP contribution in [0.1, 0.15) is 12.0 Å². The van der Waals surface area contributed by atoms with E-state index in [2.05, 4.69) is 5.32 Å². The van der Waals surface area contributed by atoms with E-state index in [1.165, 1.54) is 4.90 Å². The molecule has 0 bridgehead atoms. The van der Waals surface area contributed by atoms with Crippen molar-refractivity contribution in [3.63, 3.8) is 0 Å². The first-order valence-electron chi connectivity index (χ1n) is 7.67. The van der Waals surface area contributed by atoms with E-state index < -0.39 is 5.92 Å². The second kappa shape index (κ2) is 7.24. The SMILES string of the molecule is Cc1ccc(Cl)cc1NC(=O)[C@@H]1CC(=O)N(c2cc(Cl)ccc2Cl)C1. The summed E-state index contributed by atoms with van der Waals surface area (Å²) in [5, 5.41) is 4.29. The third-order valence-corrected chi connectivity index (χ3v) is 4.94. The standard InChI is InChI=1S/C18H15Cl3N2O2/c1-10-2-3-12(19)7-15(10)22-18(25)11-6-17(24)23(9-11)16-8-13(20)4-5-14(16)21/h2-5,7-8,11H,6,9H2,1H3,(H,22,25)/t11-/m1/s1. The number of amides is 2. The molecule has 1 saturated heterocycles. The Morgan fingerprint density at radius 2 is 1.80 bits per heavy atom. The first-order chi connectivity index (χ1) is 11.8. The van der Waals surface area contributed by atoms with Crippen LogP contribution in [0.25, 0.3) is 0 Å². The second-order valence-electron chi connectivity index (χ2n) is 5.95. The number of carbonyl (C=O) groups excluding carboxylic acids is 2. The van der Waals surface area contributed by atoms with E-state index in [0.717, 1.165) is 5.56 Å². The molecule has 1 heterocycles. The number of rotatable bonds is 3. The third-order valence-electron chi connectivity index (χ3n) is 4.15. The lowest BCUT2D eigenvalue weighted by Crippen LogP contribution is -2.28. The minimum Gasteiger partial charge on any atom is -0.325 e. The molecule has 3 rings (SSSR count). The summed E-state index contributed by atoms with van der Waals surface area (Å²) < 4.78 is 0. The Bertz CT molecular complexity index is 854. The Morgan fingerprint density at radius 1 is 1.12 bits per heavy atom. The lowest BCUT2D eigenvalue weighted by atomic mass is 10.1. The number of nitrogens with one attached hydrogen (secondary N) is 1. The summed E-state index contributed by atoms with van der Waals surface area (Å²) in [6.45, 7) is 2.13. The van der Waals surface area contributed by atoms with Crippen LogP contribution in [-0.2, 0) is 9.59 Å². The maximum Gasteiger partial charge on any atom is 0.229 e. The van der Waals surface area contributed by atoms with Gasteiger partial charge in [-0.1, -0.05) is 40.9 Å². The topological polar surface area (TPSA) is 49.4 Å². The predicted octanol–water partition coefficient (Wildman–Crippen LogP) is 4.95. The van der Waals surface area contributed by atoms with Crippen molar-refractivity contribution >= 4 is 58.0 Å². The molecule has 1 aliphatic heterocycles. The zero-order chi connectivity index (χ0) is 18.1. The molecule has 1 fully saturated rings. The largest absolute Gasteiger partial charge is 0.325 e. The Labute approximate surface area is 160 Å². The zero-order valence-corrected chi connectivity index (χ0v) is 15.6. The van der Waals surface area contributed by atoms with E-state index in [4.69, 9.17) is 34.8 Å². The summed E-state index contributed by atoms with van der Waals surface area (Å²) in [7, 11) is 0. The van der Waals surface area contributed by atoms with Crippen LogP contribution in [0.15, 0.2) is 36.4 Å². The molecule has 2 amide bonds. The van der Waals surface area contributed by atoms with Crippen molar-refractivity contribution in [2.45, 2.75) is 13.3 Å². The number of carbonyl (C=O) groups is 2. The van der Waals surface area contributed by atoms with Gasteiger partial charge in [-0.15, -0.1) is 0 Å². The lowest BCUT2D eigenvalue weighted by Gasteiger charge is -2.18. The average molecular weight is 398 g/mol. The number of aryl methyl sites for hydroxylation is 1. The molecule has 0 spiro atoms. The van der Waals surface area contributed by atoms with Gasteiger partial charge >= 0.3 is 0 Å². The highest BCUT2D eigenvalue weighted by Gasteiger charge is 2.36. The first kappa shape index (κ1) is 18.1. The van der Waals surface area contributed by atoms with Gasteiger partial charge in [-0.2, -0.15) is 0 Å². The molecule has 0 unspecified atom stereocenters. The van der Waals surface area contributed by atoms with E-state index in [1.54, 1.807) is 30.3 Å². The zero-order valence-electron chi connectivity index (χ0n) is 13.4. The summed E-state index contributed by atoms with van der Waals surface area (Å²) in [6, 6.07) is 10.2. The van der Waals surface area contributed by atoms with Gasteiger partial charge in [0.25, 0.3) is 0 Å². The van der Waals surface area contributed by atoms with Crippen molar-refractivity contribution in [2.75, 3.05) is 16.8 Å². The highest BCUT2D eigenvalue weighted by molar-refractivity contribution is 6.36. The molecule has 1 N–H and O–H groups in total. The molecule has 2 aromatic carbocycles. The highest BCUT2D eigenvalue weighted by atomic mass is 35.5. The Morgan fingerprint density at radius 3 is 2.56 bits per heavy atom. The first-order valence-corrected chi connectivity index (χ1v) is 8.81. The molecule has 0 aliphatic carbocycles. The van der Waals surface area contributed by atoms with Gasteiger partial charge in [0.2, 0.25) is 11.8 Å². The fourth-order valence-corrected chi connectivity index (χ4v) is 3.33. The molecule has 4 nitrogen and oxygen atoms in total. The summed E-state index contributed by atoms with van der Waals surface area (Å²) >= 11 is 18.1. The monoisotopic (exact) mass is 396 g/mol. The van der Waals surface area contributed by atoms with Crippen LogP contribution in [0.2, 0.25) is 15.1 Å². The summed E-state index contributed by atoms with van der Waals surface area (Å²) in [5.74, 6) is -0.854. The quantitative estimate of drug-likeness (QED) is 0.797. The van der Waals surface area contributed by atoms with Gasteiger partial charge in [0.1, 0.15) is 0 Å². The molecule has 0 aromatic heterocycles. The van der Waals surface area contributed by atoms with Crippen LogP contribution in [0, 0.1) is 12.8 Å². The number of hydrogen-bond donors (Lipinski definition) is 1. The smallest absolute Gasteiger partial charge is 0.229 e. The van der Waals surface area contributed by atoms with Crippen LogP contribution in [-0.4, -0.2) is 18.4 Å². The molecule has 1 atom stereocenters. The number of halogens is 3. The van der Waals surface area contributed by atoms with Crippen LogP contribution < -0.4 is 10.2 Å². The average Bonchev–Trinajstić information content (AvgIpc) is 2.95. The van der Waals surface area contributed by atoms with Gasteiger partial charge in [0, 0.05) is 28.7 Å².